The van der Waals surface area contributed by atoms with Crippen LogP contribution in [-0.2, 0) is 17.3 Å². The smallest absolute Gasteiger partial charge is 0.309 e. The molecule has 34 heavy (non-hydrogen) atoms. The fraction of sp³-hybridized carbons (Fsp3) is 0.417. The fourth-order valence-corrected chi connectivity index (χ4v) is 3.36. The molecule has 2 aromatic heterocycles. The second-order valence-corrected chi connectivity index (χ2v) is 8.80. The Morgan fingerprint density at radius 2 is 1.91 bits per heavy atom. The highest BCUT2D eigenvalue weighted by atomic mass is 19.3. The van der Waals surface area contributed by atoms with Gasteiger partial charge < -0.3 is 15.2 Å². The maximum Gasteiger partial charge on any atom is 0.309 e. The van der Waals surface area contributed by atoms with Crippen molar-refractivity contribution in [3.63, 3.8) is 0 Å². The molecule has 1 aromatic carbocycles. The Balaban J connectivity index is 1.94. The minimum Gasteiger partial charge on any atom is -0.492 e. The van der Waals surface area contributed by atoms with E-state index in [1.54, 1.807) is 37.6 Å². The highest BCUT2D eigenvalue weighted by molar-refractivity contribution is 6.05. The van der Waals surface area contributed by atoms with Crippen LogP contribution in [0.4, 0.5) is 14.5 Å². The van der Waals surface area contributed by atoms with Gasteiger partial charge in [-0.1, -0.05) is 6.07 Å². The van der Waals surface area contributed by atoms with Gasteiger partial charge in [-0.2, -0.15) is 13.9 Å². The maximum absolute atomic E-state index is 13.6. The first-order valence-electron chi connectivity index (χ1n) is 10.9. The number of alkyl halides is 2. The Hall–Kier alpha value is -3.56. The predicted molar refractivity (Wildman–Crippen MR) is 123 cm³/mol. The maximum atomic E-state index is 13.6. The molecule has 0 saturated heterocycles. The van der Waals surface area contributed by atoms with Gasteiger partial charge in [0.1, 0.15) is 17.1 Å². The minimum absolute atomic E-state index is 0.148. The van der Waals surface area contributed by atoms with Crippen LogP contribution in [0.15, 0.2) is 30.3 Å². The van der Waals surface area contributed by atoms with Crippen molar-refractivity contribution in [3.8, 4) is 5.75 Å². The van der Waals surface area contributed by atoms with Gasteiger partial charge in [0, 0.05) is 30.6 Å². The summed E-state index contributed by atoms with van der Waals surface area (Å²) in [7, 11) is 0. The SMILES string of the molecule is CCOc1cc2nn(CCC(C)(C)C(=O)O)c(C)c2cc1NC(=O)c1cccc(C(C)(F)F)n1. The number of halogens is 2. The van der Waals surface area contributed by atoms with Gasteiger partial charge in [-0.05, 0) is 52.3 Å². The number of benzene rings is 1. The number of aryl methyl sites for hydroxylation is 2. The second-order valence-electron chi connectivity index (χ2n) is 8.80. The molecule has 3 rings (SSSR count). The van der Waals surface area contributed by atoms with E-state index in [2.05, 4.69) is 15.4 Å². The zero-order valence-corrected chi connectivity index (χ0v) is 19.8. The highest BCUT2D eigenvalue weighted by Crippen LogP contribution is 2.33. The lowest BCUT2D eigenvalue weighted by molar-refractivity contribution is -0.147. The summed E-state index contributed by atoms with van der Waals surface area (Å²) in [4.78, 5) is 28.0. The van der Waals surface area contributed by atoms with E-state index in [9.17, 15) is 23.5 Å². The summed E-state index contributed by atoms with van der Waals surface area (Å²) in [5.74, 6) is -4.34. The summed E-state index contributed by atoms with van der Waals surface area (Å²) >= 11 is 0. The molecule has 10 heteroatoms. The number of aliphatic carboxylic acids is 1. The first-order chi connectivity index (χ1) is 15.8. The topological polar surface area (TPSA) is 106 Å². The van der Waals surface area contributed by atoms with Crippen molar-refractivity contribution >= 4 is 28.5 Å². The average Bonchev–Trinajstić information content (AvgIpc) is 3.07. The average molecular weight is 475 g/mol. The zero-order valence-electron chi connectivity index (χ0n) is 19.8. The number of fused-ring (bicyclic) bond motifs is 1. The Bertz CT molecular complexity index is 1230. The number of nitrogens with zero attached hydrogens (tertiary/aromatic N) is 3. The fourth-order valence-electron chi connectivity index (χ4n) is 3.36. The van der Waals surface area contributed by atoms with Gasteiger partial charge >= 0.3 is 5.97 Å². The third-order valence-electron chi connectivity index (χ3n) is 5.61. The molecule has 0 unspecified atom stereocenters. The molecule has 0 aliphatic carbocycles. The second kappa shape index (κ2) is 9.36. The van der Waals surface area contributed by atoms with Gasteiger partial charge in [-0.3, -0.25) is 14.3 Å². The highest BCUT2D eigenvalue weighted by Gasteiger charge is 2.28. The molecule has 2 N–H and O–H groups in total. The molecule has 8 nitrogen and oxygen atoms in total. The monoisotopic (exact) mass is 474 g/mol. The lowest BCUT2D eigenvalue weighted by Crippen LogP contribution is -2.25. The van der Waals surface area contributed by atoms with Gasteiger partial charge in [0.2, 0.25) is 0 Å². The molecule has 0 spiro atoms. The molecule has 0 fully saturated rings. The van der Waals surface area contributed by atoms with Crippen molar-refractivity contribution in [1.29, 1.82) is 0 Å². The molecule has 0 aliphatic rings. The van der Waals surface area contributed by atoms with Crippen LogP contribution in [0.1, 0.15) is 56.0 Å². The summed E-state index contributed by atoms with van der Waals surface area (Å²) in [6, 6.07) is 7.27. The number of carboxylic acids is 1. The molecule has 0 radical (unpaired) electrons. The van der Waals surface area contributed by atoms with Crippen molar-refractivity contribution in [3.05, 3.63) is 47.4 Å². The number of aromatic nitrogens is 3. The molecule has 3 aromatic rings. The summed E-state index contributed by atoms with van der Waals surface area (Å²) < 4.78 is 34.7. The molecule has 0 saturated carbocycles. The summed E-state index contributed by atoms with van der Waals surface area (Å²) in [6.07, 6.45) is 0.378. The first kappa shape index (κ1) is 25.1. The lowest BCUT2D eigenvalue weighted by atomic mass is 9.90. The standard InChI is InChI=1S/C24H28F2N4O4/c1-6-34-19-13-17-15(14(2)30(29-17)11-10-23(3,4)22(32)33)12-18(19)28-21(31)16-8-7-9-20(27-16)24(5,25)26/h7-9,12-13H,6,10-11H2,1-5H3,(H,28,31)(H,32,33). The van der Waals surface area contributed by atoms with Gasteiger partial charge in [0.25, 0.3) is 11.8 Å². The quantitative estimate of drug-likeness (QED) is 0.452. The summed E-state index contributed by atoms with van der Waals surface area (Å²) in [5.41, 5.74) is 0.213. The minimum atomic E-state index is -3.17. The van der Waals surface area contributed by atoms with E-state index in [1.165, 1.54) is 12.1 Å². The van der Waals surface area contributed by atoms with E-state index < -0.39 is 28.9 Å². The Morgan fingerprint density at radius 1 is 1.21 bits per heavy atom. The number of nitrogens with one attached hydrogen (secondary N) is 1. The number of carboxylic acid groups (broad SMARTS) is 1. The van der Waals surface area contributed by atoms with E-state index in [1.807, 2.05) is 6.92 Å². The van der Waals surface area contributed by atoms with E-state index >= 15 is 0 Å². The van der Waals surface area contributed by atoms with E-state index in [0.29, 0.717) is 36.5 Å². The third kappa shape index (κ3) is 5.32. The normalized spacial score (nSPS) is 12.1. The largest absolute Gasteiger partial charge is 0.492 e. The van der Waals surface area contributed by atoms with Crippen LogP contribution < -0.4 is 10.1 Å². The van der Waals surface area contributed by atoms with Crippen molar-refractivity contribution in [2.75, 3.05) is 11.9 Å². The van der Waals surface area contributed by atoms with Crippen molar-refractivity contribution in [2.24, 2.45) is 5.41 Å². The number of hydrogen-bond acceptors (Lipinski definition) is 5. The molecular weight excluding hydrogens is 446 g/mol. The third-order valence-corrected chi connectivity index (χ3v) is 5.61. The number of pyridine rings is 1. The molecular formula is C24H28F2N4O4. The molecule has 0 aliphatic heterocycles. The number of amides is 1. The number of ether oxygens (including phenoxy) is 1. The Kier molecular flexibility index (Phi) is 6.90. The van der Waals surface area contributed by atoms with Crippen molar-refractivity contribution < 1.29 is 28.2 Å². The summed E-state index contributed by atoms with van der Waals surface area (Å²) in [5, 5.41) is 17.4. The van der Waals surface area contributed by atoms with Gasteiger partial charge in [0.05, 0.1) is 23.2 Å². The van der Waals surface area contributed by atoms with Crippen molar-refractivity contribution in [2.45, 2.75) is 53.5 Å². The molecule has 1 amide bonds. The van der Waals surface area contributed by atoms with Crippen LogP contribution in [0.3, 0.4) is 0 Å². The number of anilines is 1. The lowest BCUT2D eigenvalue weighted by Gasteiger charge is -2.19. The summed E-state index contributed by atoms with van der Waals surface area (Å²) in [6.45, 7) is 8.41. The molecule has 0 atom stereocenters. The van der Waals surface area contributed by atoms with Crippen LogP contribution in [0.2, 0.25) is 0 Å². The van der Waals surface area contributed by atoms with Crippen LogP contribution in [0.25, 0.3) is 10.9 Å². The Morgan fingerprint density at radius 3 is 2.53 bits per heavy atom. The van der Waals surface area contributed by atoms with Crippen LogP contribution >= 0.6 is 0 Å². The number of carbonyl (C=O) groups excluding carboxylic acids is 1. The molecule has 2 heterocycles. The predicted octanol–water partition coefficient (Wildman–Crippen LogP) is 5.00. The molecule has 182 valence electrons. The Labute approximate surface area is 195 Å². The molecule has 0 bridgehead atoms. The number of rotatable bonds is 9. The van der Waals surface area contributed by atoms with Crippen molar-refractivity contribution in [1.82, 2.24) is 14.8 Å². The number of carbonyl (C=O) groups is 2. The number of hydrogen-bond donors (Lipinski definition) is 2. The van der Waals surface area contributed by atoms with Crippen LogP contribution in [0, 0.1) is 12.3 Å². The first-order valence-corrected chi connectivity index (χ1v) is 10.9. The van der Waals surface area contributed by atoms with Crippen LogP contribution in [-0.4, -0.2) is 38.4 Å². The van der Waals surface area contributed by atoms with Gasteiger partial charge in [-0.15, -0.1) is 0 Å². The van der Waals surface area contributed by atoms with E-state index in [-0.39, 0.29) is 5.69 Å². The zero-order chi connectivity index (χ0) is 25.3. The van der Waals surface area contributed by atoms with E-state index in [4.69, 9.17) is 4.74 Å². The van der Waals surface area contributed by atoms with Crippen LogP contribution in [0.5, 0.6) is 5.75 Å². The van der Waals surface area contributed by atoms with Gasteiger partial charge in [0.15, 0.2) is 0 Å². The van der Waals surface area contributed by atoms with E-state index in [0.717, 1.165) is 24.1 Å². The van der Waals surface area contributed by atoms with Gasteiger partial charge in [-0.25, -0.2) is 4.98 Å².